The molecule has 5 heteroatoms. The van der Waals surface area contributed by atoms with Crippen molar-refractivity contribution in [3.05, 3.63) is 34.6 Å². The van der Waals surface area contributed by atoms with Crippen LogP contribution >= 0.6 is 11.6 Å². The predicted octanol–water partition coefficient (Wildman–Crippen LogP) is 2.51. The van der Waals surface area contributed by atoms with Crippen LogP contribution in [0.1, 0.15) is 36.0 Å². The van der Waals surface area contributed by atoms with Crippen LogP contribution in [0.5, 0.6) is 0 Å². The SMILES string of the molecule is O=C(NC1CCCCC1O)c1c(F)cccc1Cl. The van der Waals surface area contributed by atoms with Gasteiger partial charge in [0.25, 0.3) is 5.91 Å². The zero-order valence-electron chi connectivity index (χ0n) is 9.83. The molecule has 3 nitrogen and oxygen atoms in total. The molecular weight excluding hydrogens is 257 g/mol. The fraction of sp³-hybridized carbons (Fsp3) is 0.462. The number of aliphatic hydroxyl groups excluding tert-OH is 1. The molecule has 0 heterocycles. The second-order valence-corrected chi connectivity index (χ2v) is 4.94. The maximum atomic E-state index is 13.5. The highest BCUT2D eigenvalue weighted by Crippen LogP contribution is 2.22. The Hall–Kier alpha value is -1.13. The molecule has 1 aliphatic rings. The second-order valence-electron chi connectivity index (χ2n) is 4.53. The second kappa shape index (κ2) is 5.67. The minimum Gasteiger partial charge on any atom is -0.391 e. The first kappa shape index (κ1) is 13.3. The van der Waals surface area contributed by atoms with Gasteiger partial charge in [-0.25, -0.2) is 4.39 Å². The molecule has 0 radical (unpaired) electrons. The monoisotopic (exact) mass is 271 g/mol. The van der Waals surface area contributed by atoms with Crippen molar-refractivity contribution in [3.8, 4) is 0 Å². The Balaban J connectivity index is 2.12. The average Bonchev–Trinajstić information content (AvgIpc) is 2.32. The molecule has 0 saturated heterocycles. The number of aliphatic hydroxyl groups is 1. The zero-order valence-corrected chi connectivity index (χ0v) is 10.6. The lowest BCUT2D eigenvalue weighted by molar-refractivity contribution is 0.0714. The van der Waals surface area contributed by atoms with Crippen LogP contribution in [-0.2, 0) is 0 Å². The van der Waals surface area contributed by atoms with E-state index in [1.807, 2.05) is 0 Å². The summed E-state index contributed by atoms with van der Waals surface area (Å²) in [6.45, 7) is 0. The molecule has 0 spiro atoms. The van der Waals surface area contributed by atoms with Gasteiger partial charge in [-0.3, -0.25) is 4.79 Å². The Morgan fingerprint density at radius 2 is 2.11 bits per heavy atom. The number of nitrogens with one attached hydrogen (secondary N) is 1. The van der Waals surface area contributed by atoms with Crippen molar-refractivity contribution in [2.45, 2.75) is 37.8 Å². The molecule has 98 valence electrons. The molecule has 18 heavy (non-hydrogen) atoms. The Morgan fingerprint density at radius 3 is 2.78 bits per heavy atom. The van der Waals surface area contributed by atoms with Gasteiger partial charge >= 0.3 is 0 Å². The Bertz CT molecular complexity index is 432. The lowest BCUT2D eigenvalue weighted by Crippen LogP contribution is -2.45. The Labute approximate surface area is 110 Å². The number of hydrogen-bond acceptors (Lipinski definition) is 2. The Kier molecular flexibility index (Phi) is 4.19. The lowest BCUT2D eigenvalue weighted by atomic mass is 9.92. The fourth-order valence-corrected chi connectivity index (χ4v) is 2.48. The van der Waals surface area contributed by atoms with E-state index in [2.05, 4.69) is 5.32 Å². The number of benzene rings is 1. The lowest BCUT2D eigenvalue weighted by Gasteiger charge is -2.28. The van der Waals surface area contributed by atoms with Crippen LogP contribution < -0.4 is 5.32 Å². The van der Waals surface area contributed by atoms with Crippen molar-refractivity contribution in [1.29, 1.82) is 0 Å². The number of rotatable bonds is 2. The van der Waals surface area contributed by atoms with Gasteiger partial charge in [-0.1, -0.05) is 30.5 Å². The third-order valence-electron chi connectivity index (χ3n) is 3.24. The van der Waals surface area contributed by atoms with Crippen LogP contribution in [0.2, 0.25) is 5.02 Å². The highest BCUT2D eigenvalue weighted by molar-refractivity contribution is 6.33. The summed E-state index contributed by atoms with van der Waals surface area (Å²) in [6.07, 6.45) is 2.71. The van der Waals surface area contributed by atoms with E-state index in [9.17, 15) is 14.3 Å². The molecule has 1 aliphatic carbocycles. The van der Waals surface area contributed by atoms with Crippen molar-refractivity contribution < 1.29 is 14.3 Å². The van der Waals surface area contributed by atoms with Crippen molar-refractivity contribution in [3.63, 3.8) is 0 Å². The van der Waals surface area contributed by atoms with Crippen LogP contribution in [0.15, 0.2) is 18.2 Å². The van der Waals surface area contributed by atoms with E-state index in [-0.39, 0.29) is 16.6 Å². The van der Waals surface area contributed by atoms with Gasteiger partial charge < -0.3 is 10.4 Å². The minimum absolute atomic E-state index is 0.0813. The zero-order chi connectivity index (χ0) is 13.1. The summed E-state index contributed by atoms with van der Waals surface area (Å²) in [5.41, 5.74) is -0.156. The van der Waals surface area contributed by atoms with E-state index < -0.39 is 17.8 Å². The number of carbonyl (C=O) groups is 1. The first-order valence-electron chi connectivity index (χ1n) is 6.02. The molecule has 2 unspecified atom stereocenters. The number of hydrogen-bond donors (Lipinski definition) is 2. The van der Waals surface area contributed by atoms with Gasteiger partial charge in [0.05, 0.1) is 22.7 Å². The highest BCUT2D eigenvalue weighted by Gasteiger charge is 2.26. The number of halogens is 2. The van der Waals surface area contributed by atoms with E-state index in [0.717, 1.165) is 12.8 Å². The third kappa shape index (κ3) is 2.82. The number of carbonyl (C=O) groups excluding carboxylic acids is 1. The molecule has 2 atom stereocenters. The average molecular weight is 272 g/mol. The largest absolute Gasteiger partial charge is 0.391 e. The van der Waals surface area contributed by atoms with Crippen LogP contribution in [0.25, 0.3) is 0 Å². The van der Waals surface area contributed by atoms with Crippen molar-refractivity contribution in [1.82, 2.24) is 5.32 Å². The molecule has 0 aliphatic heterocycles. The normalized spacial score (nSPS) is 23.7. The van der Waals surface area contributed by atoms with Gasteiger partial charge in [-0.05, 0) is 25.0 Å². The van der Waals surface area contributed by atoms with Crippen LogP contribution in [0, 0.1) is 5.82 Å². The summed E-state index contributed by atoms with van der Waals surface area (Å²) < 4.78 is 13.5. The first-order chi connectivity index (χ1) is 8.59. The van der Waals surface area contributed by atoms with E-state index in [1.165, 1.54) is 18.2 Å². The standard InChI is InChI=1S/C13H15ClFNO2/c14-8-4-3-5-9(15)12(8)13(18)16-10-6-1-2-7-11(10)17/h3-5,10-11,17H,1-2,6-7H2,(H,16,18). The predicted molar refractivity (Wildman–Crippen MR) is 67.1 cm³/mol. The highest BCUT2D eigenvalue weighted by atomic mass is 35.5. The molecular formula is C13H15ClFNO2. The molecule has 1 aromatic carbocycles. The summed E-state index contributed by atoms with van der Waals surface area (Å²) in [5.74, 6) is -1.21. The molecule has 2 N–H and O–H groups in total. The van der Waals surface area contributed by atoms with Crippen molar-refractivity contribution in [2.75, 3.05) is 0 Å². The third-order valence-corrected chi connectivity index (χ3v) is 3.55. The van der Waals surface area contributed by atoms with Crippen LogP contribution in [0.3, 0.4) is 0 Å². The first-order valence-corrected chi connectivity index (χ1v) is 6.40. The molecule has 0 bridgehead atoms. The van der Waals surface area contributed by atoms with Gasteiger partial charge in [0, 0.05) is 0 Å². The van der Waals surface area contributed by atoms with E-state index in [4.69, 9.17) is 11.6 Å². The molecule has 1 amide bonds. The van der Waals surface area contributed by atoms with E-state index >= 15 is 0 Å². The van der Waals surface area contributed by atoms with Gasteiger partial charge in [-0.15, -0.1) is 0 Å². The smallest absolute Gasteiger partial charge is 0.256 e. The van der Waals surface area contributed by atoms with E-state index in [0.29, 0.717) is 12.8 Å². The molecule has 0 aromatic heterocycles. The molecule has 2 rings (SSSR count). The molecule has 1 fully saturated rings. The van der Waals surface area contributed by atoms with Crippen molar-refractivity contribution in [2.24, 2.45) is 0 Å². The molecule has 1 aromatic rings. The maximum absolute atomic E-state index is 13.5. The van der Waals surface area contributed by atoms with Gasteiger partial charge in [0.1, 0.15) is 5.82 Å². The Morgan fingerprint density at radius 1 is 1.39 bits per heavy atom. The van der Waals surface area contributed by atoms with E-state index in [1.54, 1.807) is 0 Å². The molecule has 1 saturated carbocycles. The number of amides is 1. The maximum Gasteiger partial charge on any atom is 0.256 e. The quantitative estimate of drug-likeness (QED) is 0.868. The topological polar surface area (TPSA) is 49.3 Å². The van der Waals surface area contributed by atoms with Crippen molar-refractivity contribution >= 4 is 17.5 Å². The van der Waals surface area contributed by atoms with Crippen LogP contribution in [-0.4, -0.2) is 23.2 Å². The summed E-state index contributed by atoms with van der Waals surface area (Å²) >= 11 is 5.82. The fourth-order valence-electron chi connectivity index (χ4n) is 2.23. The van der Waals surface area contributed by atoms with Gasteiger partial charge in [0.2, 0.25) is 0 Å². The summed E-state index contributed by atoms with van der Waals surface area (Å²) in [6, 6.07) is 3.79. The summed E-state index contributed by atoms with van der Waals surface area (Å²) in [5, 5.41) is 12.5. The summed E-state index contributed by atoms with van der Waals surface area (Å²) in [4.78, 5) is 12.0. The summed E-state index contributed by atoms with van der Waals surface area (Å²) in [7, 11) is 0. The van der Waals surface area contributed by atoms with Gasteiger partial charge in [0.15, 0.2) is 0 Å². The minimum atomic E-state index is -0.648. The van der Waals surface area contributed by atoms with Crippen LogP contribution in [0.4, 0.5) is 4.39 Å². The van der Waals surface area contributed by atoms with Gasteiger partial charge in [-0.2, -0.15) is 0 Å².